The molecular formula is C17H25N3O2. The smallest absolute Gasteiger partial charge is 0.242 e. The van der Waals surface area contributed by atoms with Gasteiger partial charge in [0, 0.05) is 31.9 Å². The third-order valence-corrected chi connectivity index (χ3v) is 4.95. The average Bonchev–Trinajstić information content (AvgIpc) is 2.56. The molecule has 120 valence electrons. The molecule has 1 saturated carbocycles. The maximum atomic E-state index is 12.7. The summed E-state index contributed by atoms with van der Waals surface area (Å²) in [7, 11) is 0. The number of anilines is 1. The second-order valence-electron chi connectivity index (χ2n) is 6.51. The number of carbonyl (C=O) groups is 1. The van der Waals surface area contributed by atoms with Crippen LogP contribution in [0.2, 0.25) is 0 Å². The maximum absolute atomic E-state index is 12.7. The van der Waals surface area contributed by atoms with Crippen molar-refractivity contribution >= 4 is 11.6 Å². The molecule has 1 saturated heterocycles. The van der Waals surface area contributed by atoms with E-state index in [0.29, 0.717) is 0 Å². The fourth-order valence-electron chi connectivity index (χ4n) is 3.54. The SMILES string of the molecule is NC1(C(=O)N2CCN(c3ccc(O)cc3)CC2)CCCCC1. The van der Waals surface area contributed by atoms with E-state index >= 15 is 0 Å². The lowest BCUT2D eigenvalue weighted by Crippen LogP contribution is -2.60. The first-order chi connectivity index (χ1) is 10.6. The van der Waals surface area contributed by atoms with Gasteiger partial charge in [-0.25, -0.2) is 0 Å². The molecule has 1 aliphatic carbocycles. The first-order valence-electron chi connectivity index (χ1n) is 8.21. The van der Waals surface area contributed by atoms with Gasteiger partial charge < -0.3 is 20.6 Å². The molecule has 0 bridgehead atoms. The molecule has 0 atom stereocenters. The molecule has 1 amide bonds. The Hall–Kier alpha value is -1.75. The average molecular weight is 303 g/mol. The summed E-state index contributed by atoms with van der Waals surface area (Å²) in [6, 6.07) is 7.23. The predicted octanol–water partition coefficient (Wildman–Crippen LogP) is 1.70. The van der Waals surface area contributed by atoms with Gasteiger partial charge in [0.1, 0.15) is 5.75 Å². The molecule has 0 spiro atoms. The predicted molar refractivity (Wildman–Crippen MR) is 86.9 cm³/mol. The molecule has 5 nitrogen and oxygen atoms in total. The van der Waals surface area contributed by atoms with Crippen LogP contribution in [0.1, 0.15) is 32.1 Å². The Balaban J connectivity index is 1.59. The van der Waals surface area contributed by atoms with E-state index in [9.17, 15) is 9.90 Å². The van der Waals surface area contributed by atoms with Crippen molar-refractivity contribution in [1.82, 2.24) is 4.90 Å². The van der Waals surface area contributed by atoms with Crippen molar-refractivity contribution in [3.63, 3.8) is 0 Å². The first kappa shape index (κ1) is 15.2. The number of piperazine rings is 1. The molecule has 1 aromatic rings. The third kappa shape index (κ3) is 3.04. The largest absolute Gasteiger partial charge is 0.508 e. The van der Waals surface area contributed by atoms with Crippen LogP contribution < -0.4 is 10.6 Å². The Kier molecular flexibility index (Phi) is 4.25. The number of phenols is 1. The van der Waals surface area contributed by atoms with Gasteiger partial charge >= 0.3 is 0 Å². The van der Waals surface area contributed by atoms with Crippen molar-refractivity contribution in [2.45, 2.75) is 37.6 Å². The zero-order chi connectivity index (χ0) is 15.6. The molecule has 3 rings (SSSR count). The van der Waals surface area contributed by atoms with E-state index in [1.165, 1.54) is 6.42 Å². The topological polar surface area (TPSA) is 69.8 Å². The van der Waals surface area contributed by atoms with Crippen molar-refractivity contribution in [2.24, 2.45) is 5.73 Å². The summed E-state index contributed by atoms with van der Waals surface area (Å²) in [5.74, 6) is 0.414. The number of hydrogen-bond donors (Lipinski definition) is 2. The summed E-state index contributed by atoms with van der Waals surface area (Å²) in [6.45, 7) is 3.07. The van der Waals surface area contributed by atoms with Crippen LogP contribution in [0, 0.1) is 0 Å². The number of amides is 1. The third-order valence-electron chi connectivity index (χ3n) is 4.95. The number of nitrogens with zero attached hydrogens (tertiary/aromatic N) is 2. The van der Waals surface area contributed by atoms with Crippen LogP contribution >= 0.6 is 0 Å². The molecule has 3 N–H and O–H groups in total. The van der Waals surface area contributed by atoms with E-state index in [-0.39, 0.29) is 11.7 Å². The van der Waals surface area contributed by atoms with Crippen molar-refractivity contribution in [1.29, 1.82) is 0 Å². The number of carbonyl (C=O) groups excluding carboxylic acids is 1. The molecule has 0 aromatic heterocycles. The number of phenolic OH excluding ortho intramolecular Hbond substituents is 1. The van der Waals surface area contributed by atoms with Crippen LogP contribution in [0.4, 0.5) is 5.69 Å². The van der Waals surface area contributed by atoms with E-state index in [2.05, 4.69) is 4.90 Å². The zero-order valence-corrected chi connectivity index (χ0v) is 13.0. The highest BCUT2D eigenvalue weighted by atomic mass is 16.3. The fraction of sp³-hybridized carbons (Fsp3) is 0.588. The van der Waals surface area contributed by atoms with Gasteiger partial charge in [-0.1, -0.05) is 19.3 Å². The first-order valence-corrected chi connectivity index (χ1v) is 8.21. The Morgan fingerprint density at radius 2 is 1.59 bits per heavy atom. The van der Waals surface area contributed by atoms with Gasteiger partial charge in [0.2, 0.25) is 5.91 Å². The quantitative estimate of drug-likeness (QED) is 0.872. The molecule has 0 unspecified atom stereocenters. The van der Waals surface area contributed by atoms with Gasteiger partial charge in [-0.3, -0.25) is 4.79 Å². The summed E-state index contributed by atoms with van der Waals surface area (Å²) in [4.78, 5) is 16.9. The zero-order valence-electron chi connectivity index (χ0n) is 13.0. The number of aromatic hydroxyl groups is 1. The van der Waals surface area contributed by atoms with Crippen molar-refractivity contribution in [3.8, 4) is 5.75 Å². The summed E-state index contributed by atoms with van der Waals surface area (Å²) < 4.78 is 0. The second-order valence-corrected chi connectivity index (χ2v) is 6.51. The Bertz CT molecular complexity index is 515. The van der Waals surface area contributed by atoms with E-state index < -0.39 is 5.54 Å². The van der Waals surface area contributed by atoms with E-state index in [0.717, 1.165) is 57.5 Å². The Labute approximate surface area is 131 Å². The molecule has 1 heterocycles. The highest BCUT2D eigenvalue weighted by Gasteiger charge is 2.39. The minimum Gasteiger partial charge on any atom is -0.508 e. The Morgan fingerprint density at radius 1 is 1.00 bits per heavy atom. The van der Waals surface area contributed by atoms with Gasteiger partial charge in [0.15, 0.2) is 0 Å². The van der Waals surface area contributed by atoms with E-state index in [4.69, 9.17) is 5.73 Å². The minimum atomic E-state index is -0.626. The summed E-state index contributed by atoms with van der Waals surface area (Å²) in [5.41, 5.74) is 6.83. The minimum absolute atomic E-state index is 0.137. The lowest BCUT2D eigenvalue weighted by Gasteiger charge is -2.41. The maximum Gasteiger partial charge on any atom is 0.242 e. The lowest BCUT2D eigenvalue weighted by atomic mass is 9.81. The van der Waals surface area contributed by atoms with Crippen LogP contribution in [0.3, 0.4) is 0 Å². The fourth-order valence-corrected chi connectivity index (χ4v) is 3.54. The molecule has 0 radical (unpaired) electrons. The van der Waals surface area contributed by atoms with Gasteiger partial charge in [0.05, 0.1) is 5.54 Å². The Morgan fingerprint density at radius 3 is 2.18 bits per heavy atom. The van der Waals surface area contributed by atoms with Crippen LogP contribution in [0.5, 0.6) is 5.75 Å². The van der Waals surface area contributed by atoms with Crippen LogP contribution in [-0.4, -0.2) is 47.6 Å². The summed E-state index contributed by atoms with van der Waals surface area (Å²) in [6.07, 6.45) is 4.97. The van der Waals surface area contributed by atoms with E-state index in [1.807, 2.05) is 17.0 Å². The van der Waals surface area contributed by atoms with Gasteiger partial charge in [-0.05, 0) is 37.1 Å². The number of hydrogen-bond acceptors (Lipinski definition) is 4. The second kappa shape index (κ2) is 6.16. The lowest BCUT2D eigenvalue weighted by molar-refractivity contribution is -0.138. The van der Waals surface area contributed by atoms with Crippen molar-refractivity contribution < 1.29 is 9.90 Å². The summed E-state index contributed by atoms with van der Waals surface area (Å²) >= 11 is 0. The van der Waals surface area contributed by atoms with Crippen LogP contribution in [0.15, 0.2) is 24.3 Å². The van der Waals surface area contributed by atoms with Gasteiger partial charge in [0.25, 0.3) is 0 Å². The molecule has 5 heteroatoms. The molecule has 1 aromatic carbocycles. The van der Waals surface area contributed by atoms with Gasteiger partial charge in [-0.2, -0.15) is 0 Å². The number of benzene rings is 1. The molecule has 22 heavy (non-hydrogen) atoms. The molecule has 2 aliphatic rings. The number of nitrogens with two attached hydrogens (primary N) is 1. The molecule has 2 fully saturated rings. The standard InChI is InChI=1S/C17H25N3O2/c18-17(8-2-1-3-9-17)16(22)20-12-10-19(11-13-20)14-4-6-15(21)7-5-14/h4-7,21H,1-3,8-13,18H2. The van der Waals surface area contributed by atoms with Crippen LogP contribution in [-0.2, 0) is 4.79 Å². The number of rotatable bonds is 2. The van der Waals surface area contributed by atoms with Gasteiger partial charge in [-0.15, -0.1) is 0 Å². The van der Waals surface area contributed by atoms with Crippen molar-refractivity contribution in [2.75, 3.05) is 31.1 Å². The highest BCUT2D eigenvalue weighted by molar-refractivity contribution is 5.86. The molecular weight excluding hydrogens is 278 g/mol. The monoisotopic (exact) mass is 303 g/mol. The highest BCUT2D eigenvalue weighted by Crippen LogP contribution is 2.28. The summed E-state index contributed by atoms with van der Waals surface area (Å²) in [5, 5.41) is 9.36. The van der Waals surface area contributed by atoms with E-state index in [1.54, 1.807) is 12.1 Å². The molecule has 1 aliphatic heterocycles. The van der Waals surface area contributed by atoms with Crippen LogP contribution in [0.25, 0.3) is 0 Å². The normalized spacial score (nSPS) is 21.7. The van der Waals surface area contributed by atoms with Crippen molar-refractivity contribution in [3.05, 3.63) is 24.3 Å².